The van der Waals surface area contributed by atoms with E-state index >= 15 is 0 Å². The highest BCUT2D eigenvalue weighted by Crippen LogP contribution is 2.52. The Labute approximate surface area is 192 Å². The number of nitrogens with zero attached hydrogens (tertiary/aromatic N) is 1. The minimum absolute atomic E-state index is 0.00439. The monoisotopic (exact) mass is 461 g/mol. The minimum atomic E-state index is -1.51. The maximum absolute atomic E-state index is 10.4. The van der Waals surface area contributed by atoms with Crippen molar-refractivity contribution in [1.29, 1.82) is 0 Å². The third kappa shape index (κ3) is 3.50. The molecule has 1 spiro atoms. The Morgan fingerprint density at radius 1 is 1.12 bits per heavy atom. The quantitative estimate of drug-likeness (QED) is 0.474. The molecule has 3 aliphatic heterocycles. The van der Waals surface area contributed by atoms with Gasteiger partial charge in [0.05, 0.1) is 25.4 Å². The topological polar surface area (TPSA) is 121 Å². The van der Waals surface area contributed by atoms with Crippen LogP contribution in [0, 0.1) is 0 Å². The summed E-state index contributed by atoms with van der Waals surface area (Å²) in [4.78, 5) is 2.47. The highest BCUT2D eigenvalue weighted by atomic mass is 16.7. The van der Waals surface area contributed by atoms with Crippen LogP contribution in [0.5, 0.6) is 11.5 Å². The number of hydrogen-bond acceptors (Lipinski definition) is 9. The van der Waals surface area contributed by atoms with Gasteiger partial charge in [-0.1, -0.05) is 18.2 Å². The van der Waals surface area contributed by atoms with Crippen molar-refractivity contribution in [2.45, 2.75) is 55.2 Å². The Bertz CT molecular complexity index is 962. The van der Waals surface area contributed by atoms with Gasteiger partial charge in [-0.25, -0.2) is 0 Å². The summed E-state index contributed by atoms with van der Waals surface area (Å²) in [5.41, 5.74) is 3.20. The molecule has 1 aliphatic carbocycles. The molecule has 180 valence electrons. The van der Waals surface area contributed by atoms with Crippen LogP contribution in [0.25, 0.3) is 0 Å². The summed E-state index contributed by atoms with van der Waals surface area (Å²) < 4.78 is 22.8. The maximum Gasteiger partial charge on any atom is 0.229 e. The van der Waals surface area contributed by atoms with Crippen molar-refractivity contribution < 1.29 is 39.4 Å². The lowest BCUT2D eigenvalue weighted by Gasteiger charge is -2.48. The van der Waals surface area contributed by atoms with Crippen LogP contribution in [0.2, 0.25) is 0 Å². The summed E-state index contributed by atoms with van der Waals surface area (Å²) >= 11 is 0. The lowest BCUT2D eigenvalue weighted by Crippen LogP contribution is -2.60. The molecule has 9 heteroatoms. The molecule has 33 heavy (non-hydrogen) atoms. The second-order valence-corrected chi connectivity index (χ2v) is 9.03. The fourth-order valence-corrected chi connectivity index (χ4v) is 5.61. The van der Waals surface area contributed by atoms with Gasteiger partial charge in [-0.05, 0) is 35.3 Å². The highest BCUT2D eigenvalue weighted by molar-refractivity contribution is 5.57. The average molecular weight is 462 g/mol. The number of benzene rings is 1. The van der Waals surface area contributed by atoms with Gasteiger partial charge < -0.3 is 39.4 Å². The zero-order chi connectivity index (χ0) is 23.3. The second-order valence-electron chi connectivity index (χ2n) is 9.03. The Morgan fingerprint density at radius 2 is 1.94 bits per heavy atom. The van der Waals surface area contributed by atoms with E-state index in [-0.39, 0.29) is 11.6 Å². The number of ether oxygens (including phenoxy) is 4. The summed E-state index contributed by atoms with van der Waals surface area (Å²) in [6.45, 7) is 1.23. The molecule has 5 rings (SSSR count). The molecule has 1 aromatic carbocycles. The molecule has 1 aromatic rings. The third-order valence-corrected chi connectivity index (χ3v) is 7.42. The van der Waals surface area contributed by atoms with E-state index in [0.717, 1.165) is 37.1 Å². The van der Waals surface area contributed by atoms with Crippen molar-refractivity contribution in [2.24, 2.45) is 0 Å². The summed E-state index contributed by atoms with van der Waals surface area (Å²) in [5, 5.41) is 40.0. The second kappa shape index (κ2) is 8.66. The van der Waals surface area contributed by atoms with Crippen molar-refractivity contribution >= 4 is 0 Å². The van der Waals surface area contributed by atoms with Crippen LogP contribution in [0.3, 0.4) is 0 Å². The summed E-state index contributed by atoms with van der Waals surface area (Å²) in [6, 6.07) is 3.88. The predicted octanol–water partition coefficient (Wildman–Crippen LogP) is -0.158. The molecule has 0 radical (unpaired) electrons. The molecule has 4 N–H and O–H groups in total. The van der Waals surface area contributed by atoms with Crippen LogP contribution in [0.4, 0.5) is 0 Å². The van der Waals surface area contributed by atoms with Gasteiger partial charge in [-0.2, -0.15) is 0 Å². The van der Waals surface area contributed by atoms with Gasteiger partial charge in [0.25, 0.3) is 0 Å². The number of aliphatic hydroxyl groups is 4. The molecular formula is C24H31NO8. The number of fused-ring (bicyclic) bond motifs is 1. The Morgan fingerprint density at radius 3 is 2.67 bits per heavy atom. The SMILES string of the molecule is COc1cc2c(cc1O[C@H]1O[C@H](CO)[C@@H](O)[C@H](O)[C@H]1O)CCN1CC=C3C=C[C@H](OC)C[C@]321. The molecule has 0 amide bonds. The van der Waals surface area contributed by atoms with Gasteiger partial charge in [0, 0.05) is 26.6 Å². The van der Waals surface area contributed by atoms with E-state index < -0.39 is 37.3 Å². The normalized spacial score (nSPS) is 37.7. The fourth-order valence-electron chi connectivity index (χ4n) is 5.61. The minimum Gasteiger partial charge on any atom is -0.493 e. The van der Waals surface area contributed by atoms with Gasteiger partial charge in [0.1, 0.15) is 24.4 Å². The molecule has 7 atom stereocenters. The molecule has 1 fully saturated rings. The van der Waals surface area contributed by atoms with E-state index in [1.807, 2.05) is 12.1 Å². The van der Waals surface area contributed by atoms with Crippen molar-refractivity contribution in [3.05, 3.63) is 47.1 Å². The van der Waals surface area contributed by atoms with E-state index in [1.54, 1.807) is 14.2 Å². The number of methoxy groups -OCH3 is 2. The lowest BCUT2D eigenvalue weighted by atomic mass is 9.71. The van der Waals surface area contributed by atoms with Crippen LogP contribution < -0.4 is 9.47 Å². The maximum atomic E-state index is 10.4. The van der Waals surface area contributed by atoms with Gasteiger partial charge in [-0.15, -0.1) is 0 Å². The van der Waals surface area contributed by atoms with Crippen LogP contribution in [-0.2, 0) is 21.4 Å². The molecular weight excluding hydrogens is 430 g/mol. The standard InChI is InChI=1S/C24H31NO8/c1-30-15-4-3-14-6-8-25-7-5-13-9-18(17(31-2)10-16(13)24(14,25)11-15)32-23-22(29)21(28)20(27)19(12-26)33-23/h3-4,6,9-10,15,19-23,26-29H,5,7-8,11-12H2,1-2H3/t15-,19+,20+,21-,22+,23-,24-/m0/s1. The Kier molecular flexibility index (Phi) is 5.98. The van der Waals surface area contributed by atoms with E-state index in [2.05, 4.69) is 23.1 Å². The van der Waals surface area contributed by atoms with Gasteiger partial charge >= 0.3 is 0 Å². The van der Waals surface area contributed by atoms with E-state index in [9.17, 15) is 20.4 Å². The van der Waals surface area contributed by atoms with Gasteiger partial charge in [0.2, 0.25) is 6.29 Å². The zero-order valence-corrected chi connectivity index (χ0v) is 18.8. The van der Waals surface area contributed by atoms with Gasteiger partial charge in [-0.3, -0.25) is 4.90 Å². The van der Waals surface area contributed by atoms with Gasteiger partial charge in [0.15, 0.2) is 11.5 Å². The van der Waals surface area contributed by atoms with Crippen molar-refractivity contribution in [2.75, 3.05) is 33.9 Å². The predicted molar refractivity (Wildman–Crippen MR) is 117 cm³/mol. The van der Waals surface area contributed by atoms with Crippen molar-refractivity contribution in [3.63, 3.8) is 0 Å². The number of hydrogen-bond donors (Lipinski definition) is 4. The molecule has 0 saturated carbocycles. The summed E-state index contributed by atoms with van der Waals surface area (Å²) in [5.74, 6) is 0.834. The Hall–Kier alpha value is -1.98. The fraction of sp³-hybridized carbons (Fsp3) is 0.583. The zero-order valence-electron chi connectivity index (χ0n) is 18.8. The van der Waals surface area contributed by atoms with Crippen LogP contribution in [0.1, 0.15) is 17.5 Å². The lowest BCUT2D eigenvalue weighted by molar-refractivity contribution is -0.277. The average Bonchev–Trinajstić information content (AvgIpc) is 3.22. The molecule has 0 aromatic heterocycles. The molecule has 1 saturated heterocycles. The largest absolute Gasteiger partial charge is 0.493 e. The first-order chi connectivity index (χ1) is 15.9. The van der Waals surface area contributed by atoms with E-state index in [0.29, 0.717) is 11.5 Å². The number of rotatable bonds is 5. The molecule has 4 aliphatic rings. The molecule has 0 bridgehead atoms. The smallest absolute Gasteiger partial charge is 0.229 e. The summed E-state index contributed by atoms with van der Waals surface area (Å²) in [7, 11) is 3.27. The molecule has 9 nitrogen and oxygen atoms in total. The third-order valence-electron chi connectivity index (χ3n) is 7.42. The molecule has 3 heterocycles. The van der Waals surface area contributed by atoms with E-state index in [4.69, 9.17) is 18.9 Å². The first-order valence-electron chi connectivity index (χ1n) is 11.3. The van der Waals surface area contributed by atoms with Crippen molar-refractivity contribution in [1.82, 2.24) is 4.90 Å². The van der Waals surface area contributed by atoms with Crippen molar-refractivity contribution in [3.8, 4) is 11.5 Å². The number of aliphatic hydroxyl groups excluding tert-OH is 4. The van der Waals surface area contributed by atoms with E-state index in [1.165, 1.54) is 5.57 Å². The first-order valence-corrected chi connectivity index (χ1v) is 11.3. The summed E-state index contributed by atoms with van der Waals surface area (Å²) in [6.07, 6.45) is 1.37. The van der Waals surface area contributed by atoms with Crippen LogP contribution >= 0.6 is 0 Å². The first kappa shape index (κ1) is 22.8. The van der Waals surface area contributed by atoms with Crippen LogP contribution in [0.15, 0.2) is 35.9 Å². The highest BCUT2D eigenvalue weighted by Gasteiger charge is 2.51. The Balaban J connectivity index is 1.51. The van der Waals surface area contributed by atoms with Crippen LogP contribution in [-0.4, -0.2) is 96.1 Å². The molecule has 0 unspecified atom stereocenters.